The zero-order valence-electron chi connectivity index (χ0n) is 11.1. The summed E-state index contributed by atoms with van der Waals surface area (Å²) in [6.07, 6.45) is 1.22. The summed E-state index contributed by atoms with van der Waals surface area (Å²) in [6, 6.07) is 6.47. The third kappa shape index (κ3) is 3.34. The van der Waals surface area contributed by atoms with Gasteiger partial charge in [-0.1, -0.05) is 29.8 Å². The minimum absolute atomic E-state index is 0.00474. The van der Waals surface area contributed by atoms with Gasteiger partial charge in [0.2, 0.25) is 10.9 Å². The Bertz CT molecular complexity index is 786. The van der Waals surface area contributed by atoms with Crippen molar-refractivity contribution in [3.8, 4) is 0 Å². The molecule has 3 N–H and O–H groups in total. The molecule has 2 rings (SSSR count). The predicted octanol–water partition coefficient (Wildman–Crippen LogP) is 0.902. The fraction of sp³-hybridized carbons (Fsp3) is 0.167. The highest BCUT2D eigenvalue weighted by Crippen LogP contribution is 2.23. The highest BCUT2D eigenvalue weighted by atomic mass is 35.5. The molecular weight excluding hydrogens is 316 g/mol. The Labute approximate surface area is 126 Å². The fourth-order valence-electron chi connectivity index (χ4n) is 1.73. The van der Waals surface area contributed by atoms with Crippen molar-refractivity contribution in [1.82, 2.24) is 9.55 Å². The van der Waals surface area contributed by atoms with Crippen LogP contribution in [0.15, 0.2) is 35.6 Å². The minimum atomic E-state index is -3.95. The number of carbonyl (C=O) groups is 1. The highest BCUT2D eigenvalue weighted by molar-refractivity contribution is 7.92. The number of nitrogens with two attached hydrogens (primary N) is 1. The number of nitrogens with one attached hydrogen (secondary N) is 1. The molecule has 1 aromatic heterocycles. The average molecular weight is 329 g/mol. The molecule has 0 radical (unpaired) electrons. The van der Waals surface area contributed by atoms with Crippen molar-refractivity contribution in [3.63, 3.8) is 0 Å². The Morgan fingerprint density at radius 2 is 2.10 bits per heavy atom. The van der Waals surface area contributed by atoms with E-state index >= 15 is 0 Å². The summed E-state index contributed by atoms with van der Waals surface area (Å²) in [6.45, 7) is 0. The van der Waals surface area contributed by atoms with Gasteiger partial charge in [-0.3, -0.25) is 9.52 Å². The number of halogens is 1. The van der Waals surface area contributed by atoms with Crippen LogP contribution in [-0.2, 0) is 28.3 Å². The molecule has 0 bridgehead atoms. The summed E-state index contributed by atoms with van der Waals surface area (Å²) < 4.78 is 28.3. The van der Waals surface area contributed by atoms with Crippen LogP contribution < -0.4 is 10.5 Å². The molecule has 0 saturated heterocycles. The molecule has 1 heterocycles. The van der Waals surface area contributed by atoms with Gasteiger partial charge in [0.15, 0.2) is 0 Å². The van der Waals surface area contributed by atoms with E-state index in [9.17, 15) is 13.2 Å². The van der Waals surface area contributed by atoms with Crippen LogP contribution in [0.1, 0.15) is 5.56 Å². The summed E-state index contributed by atoms with van der Waals surface area (Å²) in [7, 11) is -2.37. The molecule has 0 unspecified atom stereocenters. The molecule has 7 nitrogen and oxygen atoms in total. The van der Waals surface area contributed by atoms with Crippen LogP contribution in [0.4, 0.5) is 5.69 Å². The maximum atomic E-state index is 12.3. The normalized spacial score (nSPS) is 11.3. The number of hydrogen-bond donors (Lipinski definition) is 2. The molecule has 2 aromatic rings. The molecule has 0 saturated carbocycles. The van der Waals surface area contributed by atoms with Crippen molar-refractivity contribution in [2.24, 2.45) is 12.8 Å². The number of imidazole rings is 1. The first-order valence-electron chi connectivity index (χ1n) is 5.87. The van der Waals surface area contributed by atoms with Crippen LogP contribution in [0.3, 0.4) is 0 Å². The lowest BCUT2D eigenvalue weighted by Crippen LogP contribution is -2.18. The molecule has 0 spiro atoms. The lowest BCUT2D eigenvalue weighted by Gasteiger charge is -2.10. The van der Waals surface area contributed by atoms with Gasteiger partial charge in [0.1, 0.15) is 5.15 Å². The summed E-state index contributed by atoms with van der Waals surface area (Å²) in [5, 5.41) is -0.282. The van der Waals surface area contributed by atoms with Gasteiger partial charge in [-0.2, -0.15) is 8.42 Å². The second-order valence-corrected chi connectivity index (χ2v) is 6.31. The number of nitrogens with zero attached hydrogens (tertiary/aromatic N) is 2. The molecule has 1 aromatic carbocycles. The Kier molecular flexibility index (Phi) is 4.19. The Balaban J connectivity index is 2.38. The SMILES string of the molecule is Cn1cnc(S(=O)(=O)Nc2ccccc2CC(N)=O)c1Cl. The lowest BCUT2D eigenvalue weighted by molar-refractivity contribution is -0.117. The van der Waals surface area contributed by atoms with E-state index in [1.54, 1.807) is 25.2 Å². The topological polar surface area (TPSA) is 107 Å². The van der Waals surface area contributed by atoms with Crippen molar-refractivity contribution >= 4 is 33.2 Å². The van der Waals surface area contributed by atoms with Crippen LogP contribution in [0.2, 0.25) is 5.15 Å². The number of aromatic nitrogens is 2. The molecule has 0 aliphatic heterocycles. The first-order chi connectivity index (χ1) is 9.81. The third-order valence-electron chi connectivity index (χ3n) is 2.72. The fourth-order valence-corrected chi connectivity index (χ4v) is 3.26. The number of para-hydroxylation sites is 1. The maximum Gasteiger partial charge on any atom is 0.282 e. The molecule has 21 heavy (non-hydrogen) atoms. The number of rotatable bonds is 5. The van der Waals surface area contributed by atoms with Gasteiger partial charge in [0, 0.05) is 7.05 Å². The molecule has 0 atom stereocenters. The van der Waals surface area contributed by atoms with Crippen LogP contribution in [0.25, 0.3) is 0 Å². The van der Waals surface area contributed by atoms with E-state index in [1.165, 1.54) is 17.0 Å². The summed E-state index contributed by atoms with van der Waals surface area (Å²) in [5.41, 5.74) is 5.88. The first kappa shape index (κ1) is 15.3. The second kappa shape index (κ2) is 5.74. The van der Waals surface area contributed by atoms with E-state index in [1.807, 2.05) is 0 Å². The Morgan fingerprint density at radius 3 is 2.67 bits per heavy atom. The summed E-state index contributed by atoms with van der Waals surface area (Å²) in [4.78, 5) is 14.8. The smallest absolute Gasteiger partial charge is 0.282 e. The minimum Gasteiger partial charge on any atom is -0.369 e. The molecule has 9 heteroatoms. The van der Waals surface area contributed by atoms with E-state index in [2.05, 4.69) is 9.71 Å². The standard InChI is InChI=1S/C12H13ClN4O3S/c1-17-7-15-12(11(17)13)21(19,20)16-9-5-3-2-4-8(9)6-10(14)18/h2-5,7,16H,6H2,1H3,(H2,14,18). The van der Waals surface area contributed by atoms with Gasteiger partial charge in [-0.25, -0.2) is 4.98 Å². The number of sulfonamides is 1. The van der Waals surface area contributed by atoms with Crippen molar-refractivity contribution in [2.45, 2.75) is 11.4 Å². The largest absolute Gasteiger partial charge is 0.369 e. The molecule has 112 valence electrons. The Morgan fingerprint density at radius 1 is 1.43 bits per heavy atom. The molecule has 1 amide bonds. The van der Waals surface area contributed by atoms with E-state index in [-0.39, 0.29) is 22.3 Å². The van der Waals surface area contributed by atoms with E-state index < -0.39 is 15.9 Å². The van der Waals surface area contributed by atoms with E-state index in [0.29, 0.717) is 5.56 Å². The number of benzene rings is 1. The second-order valence-electron chi connectivity index (χ2n) is 4.36. The van der Waals surface area contributed by atoms with E-state index in [4.69, 9.17) is 17.3 Å². The van der Waals surface area contributed by atoms with Gasteiger partial charge in [-0.05, 0) is 11.6 Å². The summed E-state index contributed by atoms with van der Waals surface area (Å²) in [5.74, 6) is -0.558. The zero-order valence-corrected chi connectivity index (χ0v) is 12.6. The molecule has 0 fully saturated rings. The number of primary amides is 1. The third-order valence-corrected chi connectivity index (χ3v) is 4.57. The molecule has 0 aliphatic rings. The number of anilines is 1. The van der Waals surface area contributed by atoms with Crippen LogP contribution in [0.5, 0.6) is 0 Å². The van der Waals surface area contributed by atoms with Crippen LogP contribution in [0, 0.1) is 0 Å². The maximum absolute atomic E-state index is 12.3. The monoisotopic (exact) mass is 328 g/mol. The molecule has 0 aliphatic carbocycles. The van der Waals surface area contributed by atoms with Gasteiger partial charge >= 0.3 is 0 Å². The molecular formula is C12H13ClN4O3S. The van der Waals surface area contributed by atoms with E-state index in [0.717, 1.165) is 0 Å². The highest BCUT2D eigenvalue weighted by Gasteiger charge is 2.23. The predicted molar refractivity (Wildman–Crippen MR) is 78.4 cm³/mol. The zero-order chi connectivity index (χ0) is 15.6. The average Bonchev–Trinajstić information content (AvgIpc) is 2.72. The number of amides is 1. The van der Waals surface area contributed by atoms with Crippen molar-refractivity contribution in [3.05, 3.63) is 41.3 Å². The lowest BCUT2D eigenvalue weighted by atomic mass is 10.1. The van der Waals surface area contributed by atoms with Gasteiger partial charge in [0.05, 0.1) is 18.4 Å². The number of carbonyl (C=O) groups excluding carboxylic acids is 1. The van der Waals surface area contributed by atoms with Crippen LogP contribution in [-0.4, -0.2) is 23.9 Å². The number of hydrogen-bond acceptors (Lipinski definition) is 4. The van der Waals surface area contributed by atoms with Gasteiger partial charge in [0.25, 0.3) is 10.0 Å². The van der Waals surface area contributed by atoms with Crippen molar-refractivity contribution in [1.29, 1.82) is 0 Å². The van der Waals surface area contributed by atoms with Gasteiger partial charge in [-0.15, -0.1) is 0 Å². The van der Waals surface area contributed by atoms with Gasteiger partial charge < -0.3 is 10.3 Å². The quantitative estimate of drug-likeness (QED) is 0.850. The van der Waals surface area contributed by atoms with Crippen LogP contribution >= 0.6 is 11.6 Å². The summed E-state index contributed by atoms with van der Waals surface area (Å²) >= 11 is 5.89. The first-order valence-corrected chi connectivity index (χ1v) is 7.73. The van der Waals surface area contributed by atoms with Crippen molar-refractivity contribution < 1.29 is 13.2 Å². The van der Waals surface area contributed by atoms with Crippen molar-refractivity contribution in [2.75, 3.05) is 4.72 Å². The number of aryl methyl sites for hydroxylation is 1. The Hall–Kier alpha value is -2.06.